The van der Waals surface area contributed by atoms with Gasteiger partial charge in [-0.1, -0.05) is 18.9 Å². The van der Waals surface area contributed by atoms with E-state index < -0.39 is 0 Å². The molecule has 0 aliphatic heterocycles. The van der Waals surface area contributed by atoms with Gasteiger partial charge in [-0.25, -0.2) is 0 Å². The van der Waals surface area contributed by atoms with Crippen LogP contribution in [0.2, 0.25) is 0 Å². The molecule has 3 nitrogen and oxygen atoms in total. The van der Waals surface area contributed by atoms with E-state index in [0.717, 1.165) is 18.4 Å². The Kier molecular flexibility index (Phi) is 3.09. The predicted molar refractivity (Wildman–Crippen MR) is 67.2 cm³/mol. The summed E-state index contributed by atoms with van der Waals surface area (Å²) >= 11 is 0. The molecular weight excluding hydrogens is 214 g/mol. The Morgan fingerprint density at radius 3 is 2.59 bits per heavy atom. The Bertz CT molecular complexity index is 434. The van der Waals surface area contributed by atoms with Crippen LogP contribution < -0.4 is 5.32 Å². The first-order valence-corrected chi connectivity index (χ1v) is 6.12. The maximum absolute atomic E-state index is 12.0. The van der Waals surface area contributed by atoms with E-state index >= 15 is 0 Å². The molecule has 0 heterocycles. The molecule has 3 heteroatoms. The summed E-state index contributed by atoms with van der Waals surface area (Å²) in [6.07, 6.45) is 4.43. The molecule has 17 heavy (non-hydrogen) atoms. The Hall–Kier alpha value is -1.51. The number of benzene rings is 1. The molecule has 1 fully saturated rings. The van der Waals surface area contributed by atoms with Crippen molar-refractivity contribution in [3.8, 4) is 5.75 Å². The van der Waals surface area contributed by atoms with E-state index in [4.69, 9.17) is 0 Å². The molecule has 2 N–H and O–H groups in total. The van der Waals surface area contributed by atoms with Gasteiger partial charge in [-0.3, -0.25) is 4.79 Å². The van der Waals surface area contributed by atoms with Crippen molar-refractivity contribution >= 4 is 5.91 Å². The number of phenols is 1. The zero-order valence-corrected chi connectivity index (χ0v) is 10.4. The highest BCUT2D eigenvalue weighted by molar-refractivity contribution is 5.95. The second-order valence-corrected chi connectivity index (χ2v) is 5.22. The molecule has 1 aliphatic carbocycles. The van der Waals surface area contributed by atoms with Gasteiger partial charge in [0.2, 0.25) is 0 Å². The summed E-state index contributed by atoms with van der Waals surface area (Å²) in [6.45, 7) is 3.90. The second kappa shape index (κ2) is 4.40. The minimum absolute atomic E-state index is 0.0718. The van der Waals surface area contributed by atoms with Gasteiger partial charge < -0.3 is 10.4 Å². The van der Waals surface area contributed by atoms with E-state index in [2.05, 4.69) is 12.2 Å². The lowest BCUT2D eigenvalue weighted by molar-refractivity contribution is 0.0907. The average molecular weight is 233 g/mol. The van der Waals surface area contributed by atoms with Gasteiger partial charge in [-0.2, -0.15) is 0 Å². The third kappa shape index (κ3) is 2.60. The number of nitrogens with one attached hydrogen (secondary N) is 1. The lowest BCUT2D eigenvalue weighted by Gasteiger charge is -2.25. The number of rotatable bonds is 2. The van der Waals surface area contributed by atoms with Gasteiger partial charge >= 0.3 is 0 Å². The summed E-state index contributed by atoms with van der Waals surface area (Å²) in [4.78, 5) is 12.0. The van der Waals surface area contributed by atoms with E-state index in [1.54, 1.807) is 12.1 Å². The fourth-order valence-corrected chi connectivity index (χ4v) is 2.38. The van der Waals surface area contributed by atoms with Crippen LogP contribution in [0.3, 0.4) is 0 Å². The van der Waals surface area contributed by atoms with Gasteiger partial charge in [0.15, 0.2) is 0 Å². The normalized spacial score (nSPS) is 18.0. The summed E-state index contributed by atoms with van der Waals surface area (Å²) < 4.78 is 0. The van der Waals surface area contributed by atoms with Gasteiger partial charge in [0, 0.05) is 11.1 Å². The first-order chi connectivity index (χ1) is 8.00. The lowest BCUT2D eigenvalue weighted by atomic mass is 10.00. The molecular formula is C14H19NO2. The van der Waals surface area contributed by atoms with Crippen LogP contribution in [0, 0.1) is 6.92 Å². The molecule has 1 amide bonds. The van der Waals surface area contributed by atoms with Crippen LogP contribution in [-0.2, 0) is 0 Å². The van der Waals surface area contributed by atoms with Crippen LogP contribution in [0.1, 0.15) is 48.5 Å². The monoisotopic (exact) mass is 233 g/mol. The molecule has 92 valence electrons. The molecule has 0 unspecified atom stereocenters. The third-order valence-electron chi connectivity index (χ3n) is 3.59. The molecule has 0 saturated heterocycles. The smallest absolute Gasteiger partial charge is 0.251 e. The Morgan fingerprint density at radius 2 is 2.00 bits per heavy atom. The predicted octanol–water partition coefficient (Wildman–Crippen LogP) is 2.76. The fourth-order valence-electron chi connectivity index (χ4n) is 2.38. The van der Waals surface area contributed by atoms with Crippen LogP contribution in [0.25, 0.3) is 0 Å². The van der Waals surface area contributed by atoms with Crippen LogP contribution in [0.5, 0.6) is 5.75 Å². The molecule has 0 bridgehead atoms. The Balaban J connectivity index is 2.11. The largest absolute Gasteiger partial charge is 0.508 e. The van der Waals surface area contributed by atoms with Crippen LogP contribution in [0.4, 0.5) is 0 Å². The highest BCUT2D eigenvalue weighted by Crippen LogP contribution is 2.29. The third-order valence-corrected chi connectivity index (χ3v) is 3.59. The van der Waals surface area contributed by atoms with Gasteiger partial charge in [0.05, 0.1) is 0 Å². The van der Waals surface area contributed by atoms with Crippen molar-refractivity contribution in [3.63, 3.8) is 0 Å². The van der Waals surface area contributed by atoms with E-state index in [-0.39, 0.29) is 17.2 Å². The van der Waals surface area contributed by atoms with Gasteiger partial charge in [-0.05, 0) is 44.4 Å². The highest BCUT2D eigenvalue weighted by atomic mass is 16.3. The molecule has 1 saturated carbocycles. The maximum atomic E-state index is 12.0. The van der Waals surface area contributed by atoms with Crippen molar-refractivity contribution in [1.82, 2.24) is 5.32 Å². The van der Waals surface area contributed by atoms with E-state index in [9.17, 15) is 9.90 Å². The highest BCUT2D eigenvalue weighted by Gasteiger charge is 2.30. The number of hydrogen-bond acceptors (Lipinski definition) is 2. The first kappa shape index (κ1) is 12.0. The minimum Gasteiger partial charge on any atom is -0.508 e. The summed E-state index contributed by atoms with van der Waals surface area (Å²) in [5.41, 5.74) is 1.24. The minimum atomic E-state index is -0.0929. The SMILES string of the molecule is Cc1ccc(C(=O)NC2(C)CCCC2)cc1O. The van der Waals surface area contributed by atoms with Crippen molar-refractivity contribution in [2.24, 2.45) is 0 Å². The lowest BCUT2D eigenvalue weighted by Crippen LogP contribution is -2.43. The average Bonchev–Trinajstić information content (AvgIpc) is 2.69. The van der Waals surface area contributed by atoms with E-state index in [0.29, 0.717) is 5.56 Å². The molecule has 1 aliphatic rings. The van der Waals surface area contributed by atoms with Gasteiger partial charge in [0.1, 0.15) is 5.75 Å². The zero-order valence-electron chi connectivity index (χ0n) is 10.4. The Morgan fingerprint density at radius 1 is 1.35 bits per heavy atom. The molecule has 1 aromatic rings. The Labute approximate surface area is 102 Å². The zero-order chi connectivity index (χ0) is 12.5. The fraction of sp³-hybridized carbons (Fsp3) is 0.500. The van der Waals surface area contributed by atoms with E-state index in [1.807, 2.05) is 6.92 Å². The molecule has 0 atom stereocenters. The summed E-state index contributed by atoms with van der Waals surface area (Å²) in [6, 6.07) is 5.05. The number of carbonyl (C=O) groups excluding carboxylic acids is 1. The maximum Gasteiger partial charge on any atom is 0.251 e. The van der Waals surface area contributed by atoms with Crippen LogP contribution in [0.15, 0.2) is 18.2 Å². The second-order valence-electron chi connectivity index (χ2n) is 5.22. The summed E-state index contributed by atoms with van der Waals surface area (Å²) in [7, 11) is 0. The molecule has 0 spiro atoms. The number of carbonyl (C=O) groups is 1. The number of aryl methyl sites for hydroxylation is 1. The van der Waals surface area contributed by atoms with Crippen molar-refractivity contribution < 1.29 is 9.90 Å². The van der Waals surface area contributed by atoms with Gasteiger partial charge in [0.25, 0.3) is 5.91 Å². The van der Waals surface area contributed by atoms with Gasteiger partial charge in [-0.15, -0.1) is 0 Å². The van der Waals surface area contributed by atoms with Crippen molar-refractivity contribution in [2.45, 2.75) is 45.1 Å². The van der Waals surface area contributed by atoms with Crippen molar-refractivity contribution in [3.05, 3.63) is 29.3 Å². The topological polar surface area (TPSA) is 49.3 Å². The summed E-state index contributed by atoms with van der Waals surface area (Å²) in [5, 5.41) is 12.7. The van der Waals surface area contributed by atoms with Crippen LogP contribution >= 0.6 is 0 Å². The number of aromatic hydroxyl groups is 1. The van der Waals surface area contributed by atoms with Crippen molar-refractivity contribution in [2.75, 3.05) is 0 Å². The molecule has 2 rings (SSSR count). The number of amides is 1. The molecule has 0 radical (unpaired) electrons. The quantitative estimate of drug-likeness (QED) is 0.825. The van der Waals surface area contributed by atoms with Crippen molar-refractivity contribution in [1.29, 1.82) is 0 Å². The van der Waals surface area contributed by atoms with Crippen LogP contribution in [-0.4, -0.2) is 16.6 Å². The molecule has 1 aromatic carbocycles. The number of phenolic OH excluding ortho intramolecular Hbond substituents is 1. The van der Waals surface area contributed by atoms with E-state index in [1.165, 1.54) is 18.9 Å². The summed E-state index contributed by atoms with van der Waals surface area (Å²) in [5.74, 6) is 0.0823. The number of hydrogen-bond donors (Lipinski definition) is 2. The standard InChI is InChI=1S/C14H19NO2/c1-10-5-6-11(9-12(10)16)13(17)15-14(2)7-3-4-8-14/h5-6,9,16H,3-4,7-8H2,1-2H3,(H,15,17). The first-order valence-electron chi connectivity index (χ1n) is 6.12. The molecule has 0 aromatic heterocycles.